The summed E-state index contributed by atoms with van der Waals surface area (Å²) in [7, 11) is 0. The smallest absolute Gasteiger partial charge is 0.310 e. The van der Waals surface area contributed by atoms with Crippen molar-refractivity contribution < 1.29 is 14.8 Å². The summed E-state index contributed by atoms with van der Waals surface area (Å²) in [4.78, 5) is 22.6. The molecule has 0 aromatic heterocycles. The van der Waals surface area contributed by atoms with Gasteiger partial charge in [-0.05, 0) is 31.2 Å². The Morgan fingerprint density at radius 3 is 2.31 bits per heavy atom. The van der Waals surface area contributed by atoms with E-state index in [9.17, 15) is 20.0 Å². The zero-order chi connectivity index (χ0) is 21.3. The molecule has 0 aliphatic rings. The molecule has 5 nitrogen and oxygen atoms in total. The Bertz CT molecular complexity index is 600. The molecule has 0 amide bonds. The summed E-state index contributed by atoms with van der Waals surface area (Å²) in [6, 6.07) is 8.62. The largest absolute Gasteiger partial charge is 0.481 e. The van der Waals surface area contributed by atoms with Crippen LogP contribution in [0.1, 0.15) is 95.5 Å². The van der Waals surface area contributed by atoms with Crippen molar-refractivity contribution in [1.29, 1.82) is 0 Å². The van der Waals surface area contributed by atoms with E-state index in [-0.39, 0.29) is 4.92 Å². The van der Waals surface area contributed by atoms with Gasteiger partial charge in [0.2, 0.25) is 6.04 Å². The van der Waals surface area contributed by atoms with E-state index in [1.165, 1.54) is 32.1 Å². The van der Waals surface area contributed by atoms with Crippen LogP contribution < -0.4 is 0 Å². The van der Waals surface area contributed by atoms with Gasteiger partial charge in [0.05, 0.1) is 5.92 Å². The molecule has 1 N–H and O–H groups in total. The number of nitro groups is 1. The number of allylic oxidation sites excluding steroid dienone is 1. The zero-order valence-corrected chi connectivity index (χ0v) is 17.8. The van der Waals surface area contributed by atoms with Crippen molar-refractivity contribution in [3.05, 3.63) is 58.2 Å². The number of nitrogens with zero attached hydrogens (tertiary/aromatic N) is 1. The molecule has 0 aliphatic carbocycles. The fourth-order valence-corrected chi connectivity index (χ4v) is 3.57. The summed E-state index contributed by atoms with van der Waals surface area (Å²) in [5.41, 5.74) is 0.795. The molecule has 0 saturated carbocycles. The Balaban J connectivity index is 2.27. The van der Waals surface area contributed by atoms with Gasteiger partial charge in [-0.3, -0.25) is 14.9 Å². The first-order valence-corrected chi connectivity index (χ1v) is 11.1. The molecule has 1 aromatic carbocycles. The highest BCUT2D eigenvalue weighted by atomic mass is 16.6. The number of hydrogen-bond acceptors (Lipinski definition) is 3. The second-order valence-corrected chi connectivity index (χ2v) is 7.79. The lowest BCUT2D eigenvalue weighted by Crippen LogP contribution is -2.18. The predicted octanol–water partition coefficient (Wildman–Crippen LogP) is 6.76. The third kappa shape index (κ3) is 11.4. The maximum absolute atomic E-state index is 11.5. The minimum atomic E-state index is -0.834. The van der Waals surface area contributed by atoms with E-state index in [2.05, 4.69) is 13.0 Å². The van der Waals surface area contributed by atoms with Crippen LogP contribution in [0.2, 0.25) is 0 Å². The summed E-state index contributed by atoms with van der Waals surface area (Å²) in [5, 5.41) is 20.8. The first kappa shape index (κ1) is 24.9. The molecule has 0 radical (unpaired) electrons. The molecule has 0 fully saturated rings. The molecule has 2 atom stereocenters. The fourth-order valence-electron chi connectivity index (χ4n) is 3.57. The summed E-state index contributed by atoms with van der Waals surface area (Å²) < 4.78 is 0. The van der Waals surface area contributed by atoms with Crippen molar-refractivity contribution in [2.75, 3.05) is 0 Å². The Hall–Kier alpha value is -2.17. The van der Waals surface area contributed by atoms with Crippen LogP contribution in [-0.4, -0.2) is 22.0 Å². The Morgan fingerprint density at radius 1 is 1.00 bits per heavy atom. The molecule has 0 aliphatic heterocycles. The van der Waals surface area contributed by atoms with Crippen LogP contribution >= 0.6 is 0 Å². The van der Waals surface area contributed by atoms with E-state index in [0.717, 1.165) is 18.4 Å². The van der Waals surface area contributed by atoms with E-state index in [1.54, 1.807) is 0 Å². The lowest BCUT2D eigenvalue weighted by molar-refractivity contribution is -0.522. The lowest BCUT2D eigenvalue weighted by Gasteiger charge is -2.13. The molecular formula is C24H37NO4. The number of aliphatic carboxylic acids is 1. The molecule has 0 saturated heterocycles. The normalized spacial score (nSPS) is 13.4. The van der Waals surface area contributed by atoms with E-state index in [1.807, 2.05) is 36.4 Å². The van der Waals surface area contributed by atoms with Crippen LogP contribution in [0.4, 0.5) is 0 Å². The highest BCUT2D eigenvalue weighted by molar-refractivity contribution is 5.75. The Kier molecular flexibility index (Phi) is 13.5. The highest BCUT2D eigenvalue weighted by Gasteiger charge is 2.21. The number of carboxylic acids is 1. The van der Waals surface area contributed by atoms with Gasteiger partial charge in [0.25, 0.3) is 0 Å². The topological polar surface area (TPSA) is 80.4 Å². The standard InChI is InChI=1S/C24H37NO4/c1-2-3-4-5-6-7-8-9-13-18-22(25(28)29)19-14-15-20-23(24(26)27)21-16-11-10-12-17-21/h9-13,16-17,22-23H,2-8,14-15,18-20H2,1H3,(H,26,27). The molecule has 29 heavy (non-hydrogen) atoms. The van der Waals surface area contributed by atoms with E-state index < -0.39 is 17.9 Å². The minimum absolute atomic E-state index is 0.193. The predicted molar refractivity (Wildman–Crippen MR) is 118 cm³/mol. The maximum Gasteiger partial charge on any atom is 0.310 e. The average molecular weight is 404 g/mol. The van der Waals surface area contributed by atoms with Gasteiger partial charge in [-0.1, -0.05) is 87.9 Å². The quantitative estimate of drug-likeness (QED) is 0.135. The van der Waals surface area contributed by atoms with E-state index in [4.69, 9.17) is 0 Å². The van der Waals surface area contributed by atoms with Crippen LogP contribution in [0.3, 0.4) is 0 Å². The Labute approximate surface area is 175 Å². The zero-order valence-electron chi connectivity index (χ0n) is 17.8. The van der Waals surface area contributed by atoms with Crippen LogP contribution in [-0.2, 0) is 4.79 Å². The molecular weight excluding hydrogens is 366 g/mol. The third-order valence-corrected chi connectivity index (χ3v) is 5.38. The second-order valence-electron chi connectivity index (χ2n) is 7.79. The first-order chi connectivity index (χ1) is 14.1. The molecule has 162 valence electrons. The van der Waals surface area contributed by atoms with Gasteiger partial charge in [0, 0.05) is 17.8 Å². The number of benzene rings is 1. The van der Waals surface area contributed by atoms with Crippen molar-refractivity contribution in [3.63, 3.8) is 0 Å². The van der Waals surface area contributed by atoms with E-state index >= 15 is 0 Å². The third-order valence-electron chi connectivity index (χ3n) is 5.38. The van der Waals surface area contributed by atoms with Gasteiger partial charge < -0.3 is 5.11 Å². The van der Waals surface area contributed by atoms with Crippen LogP contribution in [0.25, 0.3) is 0 Å². The highest BCUT2D eigenvalue weighted by Crippen LogP contribution is 2.23. The molecule has 0 spiro atoms. The summed E-state index contributed by atoms with van der Waals surface area (Å²) >= 11 is 0. The van der Waals surface area contributed by atoms with Crippen molar-refractivity contribution in [3.8, 4) is 0 Å². The summed E-state index contributed by atoms with van der Waals surface area (Å²) in [6.07, 6.45) is 15.4. The first-order valence-electron chi connectivity index (χ1n) is 11.1. The van der Waals surface area contributed by atoms with Crippen molar-refractivity contribution >= 4 is 5.97 Å². The Morgan fingerprint density at radius 2 is 1.66 bits per heavy atom. The van der Waals surface area contributed by atoms with Gasteiger partial charge in [-0.2, -0.15) is 0 Å². The fraction of sp³-hybridized carbons (Fsp3) is 0.625. The minimum Gasteiger partial charge on any atom is -0.481 e. The van der Waals surface area contributed by atoms with Gasteiger partial charge in [-0.15, -0.1) is 0 Å². The van der Waals surface area contributed by atoms with Gasteiger partial charge in [0.15, 0.2) is 0 Å². The number of hydrogen-bond donors (Lipinski definition) is 1. The molecule has 5 heteroatoms. The summed E-state index contributed by atoms with van der Waals surface area (Å²) in [5.74, 6) is -1.37. The molecule has 1 aromatic rings. The van der Waals surface area contributed by atoms with Crippen LogP contribution in [0, 0.1) is 10.1 Å². The lowest BCUT2D eigenvalue weighted by atomic mass is 9.92. The average Bonchev–Trinajstić information content (AvgIpc) is 2.71. The molecule has 0 heterocycles. The van der Waals surface area contributed by atoms with Gasteiger partial charge >= 0.3 is 5.97 Å². The van der Waals surface area contributed by atoms with Crippen LogP contribution in [0.15, 0.2) is 42.5 Å². The second kappa shape index (κ2) is 15.7. The van der Waals surface area contributed by atoms with Gasteiger partial charge in [0.1, 0.15) is 0 Å². The number of carbonyl (C=O) groups is 1. The van der Waals surface area contributed by atoms with E-state index in [0.29, 0.717) is 32.1 Å². The van der Waals surface area contributed by atoms with Crippen molar-refractivity contribution in [2.24, 2.45) is 0 Å². The SMILES string of the molecule is CCCCCCCCC=CCC(CCCCC(C(=O)O)c1ccccc1)[N+](=O)[O-]. The van der Waals surface area contributed by atoms with Crippen molar-refractivity contribution in [1.82, 2.24) is 0 Å². The monoisotopic (exact) mass is 403 g/mol. The number of rotatable bonds is 17. The van der Waals surface area contributed by atoms with Crippen LogP contribution in [0.5, 0.6) is 0 Å². The van der Waals surface area contributed by atoms with Gasteiger partial charge in [-0.25, -0.2) is 0 Å². The summed E-state index contributed by atoms with van der Waals surface area (Å²) in [6.45, 7) is 2.21. The molecule has 0 bridgehead atoms. The molecule has 1 rings (SSSR count). The maximum atomic E-state index is 11.5. The number of unbranched alkanes of at least 4 members (excludes halogenated alkanes) is 7. The molecule has 2 unspecified atom stereocenters. The number of carboxylic acid groups (broad SMARTS) is 1. The van der Waals surface area contributed by atoms with Crippen molar-refractivity contribution in [2.45, 2.75) is 95.9 Å².